The van der Waals surface area contributed by atoms with Crippen LogP contribution in [0.1, 0.15) is 12.5 Å². The number of nitrogens with one attached hydrogen (secondary N) is 1. The molecule has 184 valence electrons. The number of anilines is 2. The van der Waals surface area contributed by atoms with Crippen LogP contribution < -0.4 is 19.7 Å². The lowest BCUT2D eigenvalue weighted by molar-refractivity contribution is -0.118. The third-order valence-electron chi connectivity index (χ3n) is 4.91. The number of nitrogens with zero attached hydrogens (tertiary/aromatic N) is 1. The number of hydrogen-bond acceptors (Lipinski definition) is 6. The molecule has 0 spiro atoms. The van der Waals surface area contributed by atoms with Gasteiger partial charge in [0.05, 0.1) is 21.7 Å². The number of carbonyl (C=O) groups excluding carboxylic acids is 3. The van der Waals surface area contributed by atoms with E-state index in [4.69, 9.17) is 21.1 Å². The summed E-state index contributed by atoms with van der Waals surface area (Å²) in [6.07, 6.45) is 1.61. The normalized spacial score (nSPS) is 14.3. The van der Waals surface area contributed by atoms with Crippen molar-refractivity contribution < 1.29 is 23.9 Å². The number of thioether (sulfide) groups is 1. The predicted molar refractivity (Wildman–Crippen MR) is 146 cm³/mol. The van der Waals surface area contributed by atoms with Crippen LogP contribution in [0.4, 0.5) is 16.2 Å². The molecule has 3 aromatic rings. The monoisotopic (exact) mass is 586 g/mol. The Morgan fingerprint density at radius 2 is 1.81 bits per heavy atom. The van der Waals surface area contributed by atoms with Gasteiger partial charge in [-0.1, -0.05) is 29.8 Å². The maximum Gasteiger partial charge on any atom is 0.298 e. The summed E-state index contributed by atoms with van der Waals surface area (Å²) in [4.78, 5) is 39.2. The van der Waals surface area contributed by atoms with Crippen LogP contribution in [-0.2, 0) is 9.59 Å². The Kier molecular flexibility index (Phi) is 8.35. The first-order chi connectivity index (χ1) is 17.4. The summed E-state index contributed by atoms with van der Waals surface area (Å²) in [5.41, 5.74) is 1.73. The van der Waals surface area contributed by atoms with Gasteiger partial charge in [-0.3, -0.25) is 14.4 Å². The third kappa shape index (κ3) is 6.10. The molecule has 1 N–H and O–H groups in total. The fraction of sp³-hybridized carbons (Fsp3) is 0.115. The van der Waals surface area contributed by atoms with E-state index in [1.807, 2.05) is 25.1 Å². The largest absolute Gasteiger partial charge is 0.490 e. The number of benzene rings is 3. The highest BCUT2D eigenvalue weighted by molar-refractivity contribution is 9.10. The van der Waals surface area contributed by atoms with E-state index in [1.165, 1.54) is 0 Å². The highest BCUT2D eigenvalue weighted by Crippen LogP contribution is 2.40. The minimum Gasteiger partial charge on any atom is -0.490 e. The summed E-state index contributed by atoms with van der Waals surface area (Å²) in [5, 5.41) is 2.87. The number of para-hydroxylation sites is 1. The quantitative estimate of drug-likeness (QED) is 0.293. The first kappa shape index (κ1) is 25.8. The van der Waals surface area contributed by atoms with Gasteiger partial charge in [0.15, 0.2) is 18.1 Å². The molecular formula is C26H20BrClN2O5S. The fourth-order valence-corrected chi connectivity index (χ4v) is 4.90. The summed E-state index contributed by atoms with van der Waals surface area (Å²) < 4.78 is 12.0. The Hall–Kier alpha value is -3.27. The Bertz CT molecular complexity index is 1330. The zero-order valence-electron chi connectivity index (χ0n) is 19.0. The standard InChI is InChI=1S/C26H20BrClN2O5S/c1-2-34-21-13-16(12-20(27)24(21)35-15-23(31)29-18-6-4-3-5-7-18)14-22-25(32)30(26(33)36-22)19-10-8-17(28)9-11-19/h3-14H,2,15H2,1H3,(H,29,31)/b22-14+. The van der Waals surface area contributed by atoms with Crippen LogP contribution in [0.5, 0.6) is 11.5 Å². The van der Waals surface area contributed by atoms with Crippen molar-refractivity contribution in [1.82, 2.24) is 0 Å². The second-order valence-electron chi connectivity index (χ2n) is 7.46. The molecule has 0 saturated carbocycles. The summed E-state index contributed by atoms with van der Waals surface area (Å²) in [6.45, 7) is 1.95. The van der Waals surface area contributed by atoms with Crippen LogP contribution in [0, 0.1) is 0 Å². The lowest BCUT2D eigenvalue weighted by atomic mass is 10.1. The molecule has 3 aromatic carbocycles. The average Bonchev–Trinajstić information content (AvgIpc) is 3.12. The second kappa shape index (κ2) is 11.6. The molecule has 1 heterocycles. The van der Waals surface area contributed by atoms with Crippen molar-refractivity contribution in [3.63, 3.8) is 0 Å². The lowest BCUT2D eigenvalue weighted by Gasteiger charge is -2.15. The topological polar surface area (TPSA) is 84.9 Å². The van der Waals surface area contributed by atoms with Crippen LogP contribution >= 0.6 is 39.3 Å². The Labute approximate surface area is 225 Å². The summed E-state index contributed by atoms with van der Waals surface area (Å²) >= 11 is 10.2. The van der Waals surface area contributed by atoms with E-state index in [1.54, 1.807) is 54.6 Å². The van der Waals surface area contributed by atoms with E-state index in [9.17, 15) is 14.4 Å². The van der Waals surface area contributed by atoms with Crippen molar-refractivity contribution >= 4 is 73.8 Å². The molecule has 0 atom stereocenters. The van der Waals surface area contributed by atoms with Gasteiger partial charge in [-0.2, -0.15) is 0 Å². The summed E-state index contributed by atoms with van der Waals surface area (Å²) in [5.74, 6) is -0.0103. The molecule has 3 amide bonds. The van der Waals surface area contributed by atoms with Crippen molar-refractivity contribution in [3.8, 4) is 11.5 Å². The van der Waals surface area contributed by atoms with E-state index in [2.05, 4.69) is 21.2 Å². The second-order valence-corrected chi connectivity index (χ2v) is 9.74. The van der Waals surface area contributed by atoms with Crippen molar-refractivity contribution in [1.29, 1.82) is 0 Å². The molecular weight excluding hydrogens is 568 g/mol. The van der Waals surface area contributed by atoms with Gasteiger partial charge in [-0.05, 0) is 94.8 Å². The molecule has 7 nitrogen and oxygen atoms in total. The first-order valence-electron chi connectivity index (χ1n) is 10.8. The maximum absolute atomic E-state index is 13.0. The van der Waals surface area contributed by atoms with Crippen LogP contribution in [0.3, 0.4) is 0 Å². The molecule has 0 aliphatic carbocycles. The van der Waals surface area contributed by atoms with Crippen molar-refractivity contribution in [2.45, 2.75) is 6.92 Å². The van der Waals surface area contributed by atoms with Gasteiger partial charge in [0.1, 0.15) is 0 Å². The SMILES string of the molecule is CCOc1cc(/C=C2/SC(=O)N(c3ccc(Cl)cc3)C2=O)cc(Br)c1OCC(=O)Nc1ccccc1. The average molecular weight is 588 g/mol. The third-order valence-corrected chi connectivity index (χ3v) is 6.62. The van der Waals surface area contributed by atoms with Crippen molar-refractivity contribution in [3.05, 3.63) is 86.7 Å². The van der Waals surface area contributed by atoms with Gasteiger partial charge in [0.25, 0.3) is 17.1 Å². The number of rotatable bonds is 8. The Balaban J connectivity index is 1.53. The maximum atomic E-state index is 13.0. The van der Waals surface area contributed by atoms with Gasteiger partial charge in [-0.25, -0.2) is 4.90 Å². The van der Waals surface area contributed by atoms with Crippen LogP contribution in [0.2, 0.25) is 5.02 Å². The molecule has 1 saturated heterocycles. The molecule has 10 heteroatoms. The minimum atomic E-state index is -0.431. The number of ether oxygens (including phenoxy) is 2. The van der Waals surface area contributed by atoms with E-state index in [0.29, 0.717) is 44.5 Å². The van der Waals surface area contributed by atoms with E-state index < -0.39 is 11.1 Å². The van der Waals surface area contributed by atoms with Crippen molar-refractivity contribution in [2.75, 3.05) is 23.4 Å². The van der Waals surface area contributed by atoms with Gasteiger partial charge < -0.3 is 14.8 Å². The first-order valence-corrected chi connectivity index (χ1v) is 12.8. The highest BCUT2D eigenvalue weighted by Gasteiger charge is 2.36. The van der Waals surface area contributed by atoms with Gasteiger partial charge in [0.2, 0.25) is 0 Å². The molecule has 0 radical (unpaired) electrons. The molecule has 4 rings (SSSR count). The van der Waals surface area contributed by atoms with Crippen LogP contribution in [0.25, 0.3) is 6.08 Å². The Morgan fingerprint density at radius 1 is 1.08 bits per heavy atom. The highest BCUT2D eigenvalue weighted by atomic mass is 79.9. The number of carbonyl (C=O) groups is 3. The fourth-order valence-electron chi connectivity index (χ4n) is 3.36. The molecule has 0 aromatic heterocycles. The predicted octanol–water partition coefficient (Wildman–Crippen LogP) is 6.76. The van der Waals surface area contributed by atoms with E-state index >= 15 is 0 Å². The molecule has 0 unspecified atom stereocenters. The molecule has 1 aliphatic heterocycles. The molecule has 1 aliphatic rings. The summed E-state index contributed by atoms with van der Waals surface area (Å²) in [7, 11) is 0. The zero-order valence-corrected chi connectivity index (χ0v) is 22.2. The summed E-state index contributed by atoms with van der Waals surface area (Å²) in [6, 6.07) is 19.0. The molecule has 0 bridgehead atoms. The smallest absolute Gasteiger partial charge is 0.298 e. The number of imide groups is 1. The van der Waals surface area contributed by atoms with Gasteiger partial charge in [0, 0.05) is 10.7 Å². The molecule has 36 heavy (non-hydrogen) atoms. The van der Waals surface area contributed by atoms with Gasteiger partial charge in [-0.15, -0.1) is 0 Å². The number of hydrogen-bond donors (Lipinski definition) is 1. The van der Waals surface area contributed by atoms with E-state index in [0.717, 1.165) is 16.7 Å². The molecule has 1 fully saturated rings. The van der Waals surface area contributed by atoms with Gasteiger partial charge >= 0.3 is 0 Å². The number of amides is 3. The Morgan fingerprint density at radius 3 is 2.50 bits per heavy atom. The van der Waals surface area contributed by atoms with Crippen LogP contribution in [0.15, 0.2) is 76.1 Å². The van der Waals surface area contributed by atoms with Crippen molar-refractivity contribution in [2.24, 2.45) is 0 Å². The van der Waals surface area contributed by atoms with Crippen LogP contribution in [-0.4, -0.2) is 30.3 Å². The lowest BCUT2D eigenvalue weighted by Crippen LogP contribution is -2.27. The minimum absolute atomic E-state index is 0.229. The number of halogens is 2. The zero-order chi connectivity index (χ0) is 25.7. The van der Waals surface area contributed by atoms with E-state index in [-0.39, 0.29) is 17.4 Å².